The maximum atomic E-state index is 11.9. The molecule has 0 aliphatic rings. The number of carbonyl (C=O) groups excluding carboxylic acids is 1. The first kappa shape index (κ1) is 14.1. The van der Waals surface area contributed by atoms with E-state index in [9.17, 15) is 4.79 Å². The van der Waals surface area contributed by atoms with E-state index in [0.29, 0.717) is 5.13 Å². The third kappa shape index (κ3) is 3.84. The number of thiophene rings is 1. The minimum Gasteiger partial charge on any atom is -0.295 e. The van der Waals surface area contributed by atoms with E-state index in [1.54, 1.807) is 23.1 Å². The van der Waals surface area contributed by atoms with Gasteiger partial charge in [-0.15, -0.1) is 21.5 Å². The van der Waals surface area contributed by atoms with Crippen molar-refractivity contribution in [2.45, 2.75) is 10.1 Å². The van der Waals surface area contributed by atoms with Crippen molar-refractivity contribution in [2.75, 3.05) is 5.32 Å². The number of hydrogen-bond acceptors (Lipinski definition) is 8. The fourth-order valence-corrected chi connectivity index (χ4v) is 3.94. The third-order valence-corrected chi connectivity index (χ3v) is 5.42. The van der Waals surface area contributed by atoms with Gasteiger partial charge in [0.15, 0.2) is 4.34 Å². The molecule has 0 saturated carbocycles. The molecule has 106 valence electrons. The van der Waals surface area contributed by atoms with Crippen molar-refractivity contribution in [1.29, 1.82) is 0 Å². The molecule has 0 spiro atoms. The van der Waals surface area contributed by atoms with Gasteiger partial charge in [0.05, 0.1) is 6.20 Å². The Hall–Kier alpha value is -1.84. The minimum absolute atomic E-state index is 0.250. The normalized spacial score (nSPS) is 10.5. The van der Waals surface area contributed by atoms with Crippen LogP contribution < -0.4 is 5.32 Å². The summed E-state index contributed by atoms with van der Waals surface area (Å²) >= 11 is 4.65. The Morgan fingerprint density at radius 3 is 3.05 bits per heavy atom. The van der Waals surface area contributed by atoms with Crippen LogP contribution in [0.5, 0.6) is 0 Å². The van der Waals surface area contributed by atoms with Gasteiger partial charge in [0.2, 0.25) is 5.13 Å². The molecule has 0 aromatic carbocycles. The monoisotopic (exact) mass is 335 g/mol. The Kier molecular flexibility index (Phi) is 4.53. The molecule has 0 bridgehead atoms. The SMILES string of the molecule is O=C(Nc1nnc(SCc2cccs2)s1)c1cnccn1. The second kappa shape index (κ2) is 6.74. The van der Waals surface area contributed by atoms with Crippen molar-refractivity contribution in [3.8, 4) is 0 Å². The quantitative estimate of drug-likeness (QED) is 0.570. The Morgan fingerprint density at radius 1 is 1.33 bits per heavy atom. The van der Waals surface area contributed by atoms with E-state index in [2.05, 4.69) is 31.5 Å². The van der Waals surface area contributed by atoms with Gasteiger partial charge in [-0.1, -0.05) is 29.2 Å². The molecule has 0 saturated heterocycles. The zero-order chi connectivity index (χ0) is 14.5. The average Bonchev–Trinajstić information content (AvgIpc) is 3.17. The molecule has 0 aliphatic carbocycles. The lowest BCUT2D eigenvalue weighted by Crippen LogP contribution is -2.13. The van der Waals surface area contributed by atoms with Crippen LogP contribution in [0.15, 0.2) is 40.4 Å². The van der Waals surface area contributed by atoms with Gasteiger partial charge in [-0.05, 0) is 11.4 Å². The van der Waals surface area contributed by atoms with E-state index in [4.69, 9.17) is 0 Å². The molecule has 3 aromatic heterocycles. The molecule has 1 N–H and O–H groups in total. The molecule has 9 heteroatoms. The van der Waals surface area contributed by atoms with Crippen LogP contribution in [0.4, 0.5) is 5.13 Å². The number of thioether (sulfide) groups is 1. The van der Waals surface area contributed by atoms with Gasteiger partial charge in [0.1, 0.15) is 5.69 Å². The van der Waals surface area contributed by atoms with E-state index in [1.807, 2.05) is 11.4 Å². The minimum atomic E-state index is -0.339. The predicted molar refractivity (Wildman–Crippen MR) is 83.8 cm³/mol. The Labute approximate surface area is 132 Å². The highest BCUT2D eigenvalue weighted by molar-refractivity contribution is 8.00. The molecule has 6 nitrogen and oxygen atoms in total. The number of aromatic nitrogens is 4. The Bertz CT molecular complexity index is 714. The van der Waals surface area contributed by atoms with Crippen molar-refractivity contribution in [3.63, 3.8) is 0 Å². The maximum absolute atomic E-state index is 11.9. The zero-order valence-electron chi connectivity index (χ0n) is 10.6. The summed E-state index contributed by atoms with van der Waals surface area (Å²) in [6.45, 7) is 0. The largest absolute Gasteiger partial charge is 0.295 e. The van der Waals surface area contributed by atoms with Crippen LogP contribution in [-0.2, 0) is 5.75 Å². The summed E-state index contributed by atoms with van der Waals surface area (Å²) in [5, 5.41) is 13.2. The van der Waals surface area contributed by atoms with Crippen molar-refractivity contribution < 1.29 is 4.79 Å². The van der Waals surface area contributed by atoms with Crippen molar-refractivity contribution in [3.05, 3.63) is 46.7 Å². The number of carbonyl (C=O) groups is 1. The molecule has 0 radical (unpaired) electrons. The highest BCUT2D eigenvalue weighted by atomic mass is 32.2. The average molecular weight is 335 g/mol. The molecular formula is C12H9N5OS3. The van der Waals surface area contributed by atoms with E-state index in [-0.39, 0.29) is 11.6 Å². The topological polar surface area (TPSA) is 80.7 Å². The summed E-state index contributed by atoms with van der Waals surface area (Å²) in [4.78, 5) is 20.9. The molecule has 21 heavy (non-hydrogen) atoms. The highest BCUT2D eigenvalue weighted by Gasteiger charge is 2.11. The number of hydrogen-bond donors (Lipinski definition) is 1. The van der Waals surface area contributed by atoms with Gasteiger partial charge in [-0.2, -0.15) is 0 Å². The van der Waals surface area contributed by atoms with E-state index in [1.165, 1.54) is 34.8 Å². The van der Waals surface area contributed by atoms with Gasteiger partial charge in [0.25, 0.3) is 5.91 Å². The van der Waals surface area contributed by atoms with E-state index < -0.39 is 0 Å². The van der Waals surface area contributed by atoms with Crippen LogP contribution in [0.3, 0.4) is 0 Å². The molecular weight excluding hydrogens is 326 g/mol. The summed E-state index contributed by atoms with van der Waals surface area (Å²) in [7, 11) is 0. The van der Waals surface area contributed by atoms with Crippen molar-refractivity contribution in [2.24, 2.45) is 0 Å². The molecule has 1 amide bonds. The summed E-state index contributed by atoms with van der Waals surface area (Å²) in [5.74, 6) is 0.513. The second-order valence-electron chi connectivity index (χ2n) is 3.79. The smallest absolute Gasteiger partial charge is 0.277 e. The zero-order valence-corrected chi connectivity index (χ0v) is 13.0. The van der Waals surface area contributed by atoms with Crippen LogP contribution in [0, 0.1) is 0 Å². The Morgan fingerprint density at radius 2 is 2.29 bits per heavy atom. The van der Waals surface area contributed by atoms with Crippen molar-refractivity contribution >= 4 is 45.5 Å². The van der Waals surface area contributed by atoms with Gasteiger partial charge < -0.3 is 0 Å². The number of rotatable bonds is 5. The second-order valence-corrected chi connectivity index (χ2v) is 7.02. The van der Waals surface area contributed by atoms with Crippen LogP contribution in [0.2, 0.25) is 0 Å². The molecule has 0 aliphatic heterocycles. The van der Waals surface area contributed by atoms with Crippen LogP contribution in [-0.4, -0.2) is 26.1 Å². The van der Waals surface area contributed by atoms with Crippen LogP contribution in [0.25, 0.3) is 0 Å². The van der Waals surface area contributed by atoms with Crippen LogP contribution >= 0.6 is 34.4 Å². The molecule has 0 atom stereocenters. The van der Waals surface area contributed by atoms with Gasteiger partial charge >= 0.3 is 0 Å². The molecule has 3 aromatic rings. The number of anilines is 1. The molecule has 0 fully saturated rings. The molecule has 3 rings (SSSR count). The first-order valence-electron chi connectivity index (χ1n) is 5.87. The maximum Gasteiger partial charge on any atom is 0.277 e. The van der Waals surface area contributed by atoms with E-state index >= 15 is 0 Å². The third-order valence-electron chi connectivity index (χ3n) is 2.34. The molecule has 0 unspecified atom stereocenters. The Balaban J connectivity index is 1.59. The van der Waals surface area contributed by atoms with Gasteiger partial charge in [0, 0.05) is 23.0 Å². The van der Waals surface area contributed by atoms with Gasteiger partial charge in [-0.25, -0.2) is 4.98 Å². The lowest BCUT2D eigenvalue weighted by molar-refractivity contribution is 0.102. The standard InChI is InChI=1S/C12H9N5OS3/c18-10(9-6-13-3-4-14-9)15-11-16-17-12(21-11)20-7-8-2-1-5-19-8/h1-6H,7H2,(H,15,16,18). The molecule has 3 heterocycles. The summed E-state index contributed by atoms with van der Waals surface area (Å²) < 4.78 is 0.817. The lowest BCUT2D eigenvalue weighted by atomic mass is 10.4. The fourth-order valence-electron chi connectivity index (χ4n) is 1.42. The number of amides is 1. The lowest BCUT2D eigenvalue weighted by Gasteiger charge is -1.98. The predicted octanol–water partition coefficient (Wildman–Crippen LogP) is 2.93. The highest BCUT2D eigenvalue weighted by Crippen LogP contribution is 2.29. The fraction of sp³-hybridized carbons (Fsp3) is 0.0833. The van der Waals surface area contributed by atoms with E-state index in [0.717, 1.165) is 10.1 Å². The first-order chi connectivity index (χ1) is 10.3. The van der Waals surface area contributed by atoms with Crippen molar-refractivity contribution in [1.82, 2.24) is 20.2 Å². The van der Waals surface area contributed by atoms with Gasteiger partial charge in [-0.3, -0.25) is 15.1 Å². The number of nitrogens with one attached hydrogen (secondary N) is 1. The number of nitrogens with zero attached hydrogens (tertiary/aromatic N) is 4. The van der Waals surface area contributed by atoms with Crippen LogP contribution in [0.1, 0.15) is 15.4 Å². The first-order valence-corrected chi connectivity index (χ1v) is 8.55. The summed E-state index contributed by atoms with van der Waals surface area (Å²) in [6, 6.07) is 4.10. The summed E-state index contributed by atoms with van der Waals surface area (Å²) in [6.07, 6.45) is 4.39. The summed E-state index contributed by atoms with van der Waals surface area (Å²) in [5.41, 5.74) is 0.250.